The highest BCUT2D eigenvalue weighted by molar-refractivity contribution is 5.58. The first-order valence-corrected chi connectivity index (χ1v) is 10.1. The van der Waals surface area contributed by atoms with Crippen LogP contribution in [0.5, 0.6) is 0 Å². The smallest absolute Gasteiger partial charge is 0.131 e. The van der Waals surface area contributed by atoms with Crippen molar-refractivity contribution in [3.8, 4) is 0 Å². The van der Waals surface area contributed by atoms with Gasteiger partial charge in [0.25, 0.3) is 0 Å². The molecule has 2 fully saturated rings. The number of hydrogen-bond donors (Lipinski definition) is 3. The molecular formula is C21H28FN5O. The third kappa shape index (κ3) is 4.70. The van der Waals surface area contributed by atoms with Crippen molar-refractivity contribution in [3.63, 3.8) is 0 Å². The molecule has 0 spiro atoms. The molecule has 0 amide bonds. The molecule has 1 aliphatic carbocycles. The lowest BCUT2D eigenvalue weighted by molar-refractivity contribution is 0.145. The highest BCUT2D eigenvalue weighted by Crippen LogP contribution is 2.32. The average Bonchev–Trinajstić information content (AvgIpc) is 3.52. The fourth-order valence-corrected chi connectivity index (χ4v) is 3.67. The number of benzene rings is 1. The lowest BCUT2D eigenvalue weighted by atomic mass is 10.0. The summed E-state index contributed by atoms with van der Waals surface area (Å²) in [7, 11) is 0. The summed E-state index contributed by atoms with van der Waals surface area (Å²) in [5.74, 6) is 2.04. The first-order valence-electron chi connectivity index (χ1n) is 10.1. The molecule has 1 unspecified atom stereocenters. The summed E-state index contributed by atoms with van der Waals surface area (Å²) in [6, 6.07) is 6.70. The minimum atomic E-state index is -0.251. The van der Waals surface area contributed by atoms with Crippen LogP contribution in [0.1, 0.15) is 44.2 Å². The Labute approximate surface area is 165 Å². The van der Waals surface area contributed by atoms with Crippen molar-refractivity contribution in [2.24, 2.45) is 5.92 Å². The van der Waals surface area contributed by atoms with E-state index < -0.39 is 0 Å². The van der Waals surface area contributed by atoms with Gasteiger partial charge in [0.1, 0.15) is 23.8 Å². The van der Waals surface area contributed by atoms with Gasteiger partial charge in [-0.25, -0.2) is 14.4 Å². The number of nitrogens with zero attached hydrogens (tertiary/aromatic N) is 3. The fourth-order valence-electron chi connectivity index (χ4n) is 3.67. The highest BCUT2D eigenvalue weighted by atomic mass is 19.1. The highest BCUT2D eigenvalue weighted by Gasteiger charge is 2.23. The van der Waals surface area contributed by atoms with Crippen molar-refractivity contribution in [1.82, 2.24) is 9.97 Å². The van der Waals surface area contributed by atoms with Crippen LogP contribution in [-0.2, 0) is 0 Å². The molecule has 2 heterocycles. The van der Waals surface area contributed by atoms with E-state index in [0.29, 0.717) is 5.82 Å². The first-order chi connectivity index (χ1) is 13.6. The Hall–Kier alpha value is -2.41. The minimum absolute atomic E-state index is 0.122. The van der Waals surface area contributed by atoms with Gasteiger partial charge in [0.15, 0.2) is 0 Å². The maximum atomic E-state index is 14.0. The molecule has 4 rings (SSSR count). The Morgan fingerprint density at radius 1 is 1.14 bits per heavy atom. The summed E-state index contributed by atoms with van der Waals surface area (Å²) in [6.07, 6.45) is 5.36. The van der Waals surface area contributed by atoms with Gasteiger partial charge >= 0.3 is 0 Å². The van der Waals surface area contributed by atoms with E-state index in [2.05, 4.69) is 25.5 Å². The molecule has 6 nitrogen and oxygen atoms in total. The quantitative estimate of drug-likeness (QED) is 0.677. The lowest BCUT2D eigenvalue weighted by Gasteiger charge is -2.34. The predicted molar refractivity (Wildman–Crippen MR) is 109 cm³/mol. The van der Waals surface area contributed by atoms with Gasteiger partial charge in [-0.15, -0.1) is 0 Å². The number of aliphatic hydroxyl groups excluding tert-OH is 1. The second kappa shape index (κ2) is 8.31. The van der Waals surface area contributed by atoms with E-state index in [0.717, 1.165) is 55.5 Å². The first kappa shape index (κ1) is 18.9. The third-order valence-corrected chi connectivity index (χ3v) is 5.56. The molecule has 1 saturated heterocycles. The van der Waals surface area contributed by atoms with Crippen LogP contribution in [0.15, 0.2) is 30.6 Å². The summed E-state index contributed by atoms with van der Waals surface area (Å²) in [4.78, 5) is 10.8. The lowest BCUT2D eigenvalue weighted by Crippen LogP contribution is -2.36. The molecule has 1 aliphatic heterocycles. The molecule has 1 aromatic carbocycles. The number of aliphatic hydroxyl groups is 1. The van der Waals surface area contributed by atoms with Crippen LogP contribution in [0, 0.1) is 11.7 Å². The normalized spacial score (nSPS) is 18.8. The molecule has 1 saturated carbocycles. The van der Waals surface area contributed by atoms with Crippen molar-refractivity contribution >= 4 is 17.3 Å². The van der Waals surface area contributed by atoms with Crippen molar-refractivity contribution in [2.75, 3.05) is 35.2 Å². The predicted octanol–water partition coefficient (Wildman–Crippen LogP) is 3.57. The fraction of sp³-hybridized carbons (Fsp3) is 0.524. The minimum Gasteiger partial charge on any atom is -0.393 e. The maximum Gasteiger partial charge on any atom is 0.131 e. The number of rotatable bonds is 7. The van der Waals surface area contributed by atoms with Gasteiger partial charge in [0.2, 0.25) is 0 Å². The molecule has 3 N–H and O–H groups in total. The molecule has 2 aliphatic rings. The molecule has 0 bridgehead atoms. The zero-order chi connectivity index (χ0) is 19.5. The topological polar surface area (TPSA) is 73.3 Å². The van der Waals surface area contributed by atoms with Crippen molar-refractivity contribution < 1.29 is 9.50 Å². The zero-order valence-electron chi connectivity index (χ0n) is 16.2. The van der Waals surface area contributed by atoms with E-state index in [9.17, 15) is 9.50 Å². The van der Waals surface area contributed by atoms with Crippen molar-refractivity contribution in [2.45, 2.75) is 44.8 Å². The molecule has 150 valence electrons. The third-order valence-electron chi connectivity index (χ3n) is 5.56. The Morgan fingerprint density at radius 2 is 1.89 bits per heavy atom. The van der Waals surface area contributed by atoms with E-state index in [1.807, 2.05) is 19.1 Å². The van der Waals surface area contributed by atoms with Gasteiger partial charge in [-0.05, 0) is 56.7 Å². The maximum absolute atomic E-state index is 14.0. The molecule has 28 heavy (non-hydrogen) atoms. The number of halogens is 1. The van der Waals surface area contributed by atoms with E-state index in [-0.39, 0.29) is 18.0 Å². The zero-order valence-corrected chi connectivity index (χ0v) is 16.2. The summed E-state index contributed by atoms with van der Waals surface area (Å²) in [5.41, 5.74) is 1.90. The van der Waals surface area contributed by atoms with Gasteiger partial charge in [0.05, 0.1) is 12.1 Å². The van der Waals surface area contributed by atoms with Gasteiger partial charge in [-0.2, -0.15) is 0 Å². The molecule has 2 aromatic rings. The summed E-state index contributed by atoms with van der Waals surface area (Å²) in [5, 5.41) is 16.5. The van der Waals surface area contributed by atoms with E-state index in [4.69, 9.17) is 0 Å². The largest absolute Gasteiger partial charge is 0.393 e. The van der Waals surface area contributed by atoms with Gasteiger partial charge in [-0.1, -0.05) is 0 Å². The molecule has 7 heteroatoms. The summed E-state index contributed by atoms with van der Waals surface area (Å²) >= 11 is 0. The second-order valence-electron chi connectivity index (χ2n) is 7.90. The van der Waals surface area contributed by atoms with E-state index >= 15 is 0 Å². The van der Waals surface area contributed by atoms with Crippen molar-refractivity contribution in [1.29, 1.82) is 0 Å². The monoisotopic (exact) mass is 385 g/mol. The standard InChI is InChI=1S/C21H28FN5O/c1-14(26-21-11-20(24-13-25-21)23-12-15-2-3-15)18-10-16(22)4-5-19(18)27-8-6-17(28)7-9-27/h4-5,10-11,13-15,17,28H,2-3,6-9,12H2,1H3,(H2,23,24,25,26). The van der Waals surface area contributed by atoms with Crippen LogP contribution in [0.2, 0.25) is 0 Å². The van der Waals surface area contributed by atoms with E-state index in [1.165, 1.54) is 18.9 Å². The van der Waals surface area contributed by atoms with Crippen LogP contribution in [0.3, 0.4) is 0 Å². The molecule has 0 radical (unpaired) electrons. The van der Waals surface area contributed by atoms with Gasteiger partial charge in [-0.3, -0.25) is 0 Å². The van der Waals surface area contributed by atoms with Crippen molar-refractivity contribution in [3.05, 3.63) is 42.0 Å². The Bertz CT molecular complexity index is 805. The Kier molecular flexibility index (Phi) is 5.62. The van der Waals surface area contributed by atoms with Crippen LogP contribution in [-0.4, -0.2) is 40.8 Å². The van der Waals surface area contributed by atoms with E-state index in [1.54, 1.807) is 12.4 Å². The Morgan fingerprint density at radius 3 is 2.64 bits per heavy atom. The summed E-state index contributed by atoms with van der Waals surface area (Å²) in [6.45, 7) is 4.50. The number of aromatic nitrogens is 2. The van der Waals surface area contributed by atoms with Crippen LogP contribution in [0.4, 0.5) is 21.7 Å². The van der Waals surface area contributed by atoms with Gasteiger partial charge < -0.3 is 20.6 Å². The second-order valence-corrected chi connectivity index (χ2v) is 7.90. The van der Waals surface area contributed by atoms with Crippen LogP contribution < -0.4 is 15.5 Å². The summed E-state index contributed by atoms with van der Waals surface area (Å²) < 4.78 is 14.0. The SMILES string of the molecule is CC(Nc1cc(NCC2CC2)ncn1)c1cc(F)ccc1N1CCC(O)CC1. The van der Waals surface area contributed by atoms with Gasteiger partial charge in [0, 0.05) is 37.0 Å². The van der Waals surface area contributed by atoms with Crippen LogP contribution in [0.25, 0.3) is 0 Å². The number of anilines is 3. The Balaban J connectivity index is 1.48. The number of nitrogens with one attached hydrogen (secondary N) is 2. The molecule has 1 aromatic heterocycles. The average molecular weight is 385 g/mol. The number of piperidine rings is 1. The molecule has 1 atom stereocenters. The molecular weight excluding hydrogens is 357 g/mol. The van der Waals surface area contributed by atoms with Crippen LogP contribution >= 0.6 is 0 Å². The number of hydrogen-bond acceptors (Lipinski definition) is 6.